The molecule has 5 aromatic rings. The fourth-order valence-electron chi connectivity index (χ4n) is 6.56. The van der Waals surface area contributed by atoms with E-state index in [4.69, 9.17) is 9.16 Å². The van der Waals surface area contributed by atoms with Crippen LogP contribution in [0.2, 0.25) is 5.04 Å². The highest BCUT2D eigenvalue weighted by molar-refractivity contribution is 6.99. The number of carboxylic acid groups (broad SMARTS) is 1. The number of benzene rings is 3. The summed E-state index contributed by atoms with van der Waals surface area (Å²) in [7, 11) is -1.32. The predicted octanol–water partition coefficient (Wildman–Crippen LogP) is 6.15. The molecule has 0 aliphatic carbocycles. The summed E-state index contributed by atoms with van der Waals surface area (Å²) in [6, 6.07) is 23.7. The van der Waals surface area contributed by atoms with Crippen molar-refractivity contribution >= 4 is 47.6 Å². The third-order valence-electron chi connectivity index (χ3n) is 8.83. The highest BCUT2D eigenvalue weighted by Crippen LogP contribution is 2.37. The number of hydrogen-bond acceptors (Lipinski definition) is 8. The van der Waals surface area contributed by atoms with E-state index in [2.05, 4.69) is 102 Å². The fraction of sp³-hybridized carbons (Fsp3) is 0.351. The molecule has 0 saturated carbocycles. The average Bonchev–Trinajstić information content (AvgIpc) is 3.49. The Morgan fingerprint density at radius 1 is 1.00 bits per heavy atom. The lowest BCUT2D eigenvalue weighted by Crippen LogP contribution is -2.66. The number of anilines is 2. The Balaban J connectivity index is 1.50. The minimum Gasteiger partial charge on any atom is -0.496 e. The van der Waals surface area contributed by atoms with Gasteiger partial charge in [-0.2, -0.15) is 10.1 Å². The van der Waals surface area contributed by atoms with Crippen molar-refractivity contribution in [2.75, 3.05) is 24.4 Å². The minimum atomic E-state index is -2.76. The average molecular weight is 701 g/mol. The molecular formula is C37H45FN6O5Si. The Labute approximate surface area is 292 Å². The van der Waals surface area contributed by atoms with Gasteiger partial charge in [-0.05, 0) is 34.3 Å². The molecule has 13 heteroatoms. The van der Waals surface area contributed by atoms with Gasteiger partial charge in [0.15, 0.2) is 5.82 Å². The van der Waals surface area contributed by atoms with Crippen LogP contribution in [0.4, 0.5) is 21.0 Å². The van der Waals surface area contributed by atoms with Gasteiger partial charge in [-0.25, -0.2) is 14.2 Å². The van der Waals surface area contributed by atoms with Crippen LogP contribution in [0.25, 0.3) is 11.0 Å². The number of aromatic nitrogens is 4. The molecule has 0 spiro atoms. The summed E-state index contributed by atoms with van der Waals surface area (Å²) in [4.78, 5) is 20.6. The highest BCUT2D eigenvalue weighted by atomic mass is 28.4. The number of nitrogens with one attached hydrogen (secondary N) is 2. The van der Waals surface area contributed by atoms with Gasteiger partial charge < -0.3 is 24.7 Å². The zero-order chi connectivity index (χ0) is 35.9. The second kappa shape index (κ2) is 15.8. The lowest BCUT2D eigenvalue weighted by Gasteiger charge is -2.43. The molecule has 4 N–H and O–H groups in total. The van der Waals surface area contributed by atoms with Crippen LogP contribution in [0.1, 0.15) is 58.1 Å². The van der Waals surface area contributed by atoms with E-state index in [-0.39, 0.29) is 29.1 Å². The van der Waals surface area contributed by atoms with E-state index in [1.165, 1.54) is 35.8 Å². The van der Waals surface area contributed by atoms with Gasteiger partial charge in [0.25, 0.3) is 8.32 Å². The van der Waals surface area contributed by atoms with Crippen molar-refractivity contribution in [1.29, 1.82) is 0 Å². The van der Waals surface area contributed by atoms with E-state index in [0.717, 1.165) is 12.8 Å². The lowest BCUT2D eigenvalue weighted by atomic mass is 10.1. The minimum absolute atomic E-state index is 0.0900. The first-order valence-corrected chi connectivity index (χ1v) is 18.6. The first-order valence-electron chi connectivity index (χ1n) is 16.7. The molecule has 0 fully saturated rings. The van der Waals surface area contributed by atoms with Gasteiger partial charge in [0.1, 0.15) is 22.6 Å². The van der Waals surface area contributed by atoms with E-state index in [9.17, 15) is 19.4 Å². The van der Waals surface area contributed by atoms with Crippen LogP contribution in [-0.2, 0) is 17.6 Å². The van der Waals surface area contributed by atoms with E-state index >= 15 is 0 Å². The molecule has 50 heavy (non-hydrogen) atoms. The van der Waals surface area contributed by atoms with Crippen LogP contribution in [0.15, 0.2) is 79.0 Å². The number of aliphatic hydroxyl groups excluding tert-OH is 1. The van der Waals surface area contributed by atoms with Crippen molar-refractivity contribution in [3.05, 3.63) is 95.9 Å². The number of ether oxygens (including phenoxy) is 1. The third kappa shape index (κ3) is 7.80. The number of carbonyl (C=O) groups is 1. The van der Waals surface area contributed by atoms with Gasteiger partial charge in [0.05, 0.1) is 26.5 Å². The number of fused-ring (bicyclic) bond motifs is 1. The Bertz CT molecular complexity index is 1860. The maximum Gasteiger partial charge on any atom is 0.411 e. The molecule has 2 aromatic heterocycles. The van der Waals surface area contributed by atoms with Crippen molar-refractivity contribution in [3.8, 4) is 5.75 Å². The van der Waals surface area contributed by atoms with Gasteiger partial charge >= 0.3 is 6.09 Å². The third-order valence-corrected chi connectivity index (χ3v) is 13.9. The molecular weight excluding hydrogens is 656 g/mol. The van der Waals surface area contributed by atoms with Gasteiger partial charge in [0.2, 0.25) is 5.95 Å². The molecule has 3 aromatic carbocycles. The summed E-state index contributed by atoms with van der Waals surface area (Å²) in [6.45, 7) is 8.99. The first-order chi connectivity index (χ1) is 24.0. The largest absolute Gasteiger partial charge is 0.496 e. The molecule has 11 nitrogen and oxygen atoms in total. The number of amides is 1. The molecule has 2 heterocycles. The van der Waals surface area contributed by atoms with Crippen molar-refractivity contribution < 1.29 is 28.6 Å². The first kappa shape index (κ1) is 36.4. The summed E-state index contributed by atoms with van der Waals surface area (Å²) in [5, 5.41) is 31.8. The van der Waals surface area contributed by atoms with Crippen LogP contribution >= 0.6 is 0 Å². The monoisotopic (exact) mass is 700 g/mol. The van der Waals surface area contributed by atoms with Gasteiger partial charge in [-0.1, -0.05) is 94.8 Å². The standard InChI is InChI=1S/C37H45FN6O5Si/c1-6-13-27(18-19-49-50(37(2,3)4,28-14-9-7-10-15-28)29-16-11-8-12-17-29)40-34-33-31(41-35(42-34)43-36(46)47)22-39-44(33)23-25-20-26(24-45)30(38)21-32(25)48-5/h7-12,14-17,20-22,27,45H,6,13,18-19,23-24H2,1-5H3,(H,46,47)(H2,40,41,42,43). The summed E-state index contributed by atoms with van der Waals surface area (Å²) in [5.41, 5.74) is 1.66. The van der Waals surface area contributed by atoms with Gasteiger partial charge in [-0.15, -0.1) is 0 Å². The predicted molar refractivity (Wildman–Crippen MR) is 195 cm³/mol. The molecule has 1 amide bonds. The summed E-state index contributed by atoms with van der Waals surface area (Å²) in [5.74, 6) is 0.0277. The summed E-state index contributed by atoms with van der Waals surface area (Å²) >= 11 is 0. The Hall–Kier alpha value is -4.85. The summed E-state index contributed by atoms with van der Waals surface area (Å²) in [6.07, 6.45) is 2.54. The maximum absolute atomic E-state index is 14.5. The number of methoxy groups -OCH3 is 1. The van der Waals surface area contributed by atoms with Crippen LogP contribution in [0.3, 0.4) is 0 Å². The van der Waals surface area contributed by atoms with Crippen molar-refractivity contribution in [2.24, 2.45) is 0 Å². The number of aliphatic hydroxyl groups is 1. The number of hydrogen-bond donors (Lipinski definition) is 4. The van der Waals surface area contributed by atoms with Crippen LogP contribution in [0.5, 0.6) is 5.75 Å². The van der Waals surface area contributed by atoms with Crippen molar-refractivity contribution in [1.82, 2.24) is 19.7 Å². The van der Waals surface area contributed by atoms with Gasteiger partial charge in [0, 0.05) is 29.8 Å². The van der Waals surface area contributed by atoms with E-state index in [1.807, 2.05) is 12.1 Å². The number of halogens is 1. The molecule has 0 saturated heterocycles. The Kier molecular flexibility index (Phi) is 11.5. The van der Waals surface area contributed by atoms with Crippen LogP contribution in [-0.4, -0.2) is 64.1 Å². The smallest absolute Gasteiger partial charge is 0.411 e. The topological polar surface area (TPSA) is 144 Å². The van der Waals surface area contributed by atoms with E-state index < -0.39 is 26.8 Å². The molecule has 0 bridgehead atoms. The SMILES string of the molecule is CCCC(CCO[Si](c1ccccc1)(c1ccccc1)C(C)(C)C)Nc1nc(NC(=O)O)nc2cnn(Cc3cc(CO)c(F)cc3OC)c12. The van der Waals surface area contributed by atoms with Crippen LogP contribution < -0.4 is 25.7 Å². The normalized spacial score (nSPS) is 12.5. The molecule has 1 atom stereocenters. The van der Waals surface area contributed by atoms with Crippen molar-refractivity contribution in [2.45, 2.75) is 71.2 Å². The fourth-order valence-corrected chi connectivity index (χ4v) is 11.1. The quantitative estimate of drug-likeness (QED) is 0.0946. The second-order valence-electron chi connectivity index (χ2n) is 13.2. The molecule has 5 rings (SSSR count). The Morgan fingerprint density at radius 3 is 2.22 bits per heavy atom. The molecule has 1 unspecified atom stereocenters. The van der Waals surface area contributed by atoms with Gasteiger partial charge in [-0.3, -0.25) is 10.00 Å². The molecule has 0 radical (unpaired) electrons. The molecule has 0 aliphatic rings. The van der Waals surface area contributed by atoms with Crippen molar-refractivity contribution in [3.63, 3.8) is 0 Å². The second-order valence-corrected chi connectivity index (χ2v) is 17.5. The summed E-state index contributed by atoms with van der Waals surface area (Å²) < 4.78 is 28.7. The maximum atomic E-state index is 14.5. The lowest BCUT2D eigenvalue weighted by molar-refractivity contribution is 0.209. The number of rotatable bonds is 15. The number of nitrogens with zero attached hydrogens (tertiary/aromatic N) is 4. The molecule has 264 valence electrons. The van der Waals surface area contributed by atoms with E-state index in [1.54, 1.807) is 4.68 Å². The highest BCUT2D eigenvalue weighted by Gasteiger charge is 2.50. The zero-order valence-corrected chi connectivity index (χ0v) is 30.1. The molecule has 0 aliphatic heterocycles. The van der Waals surface area contributed by atoms with E-state index in [0.29, 0.717) is 41.2 Å². The Morgan fingerprint density at radius 2 is 1.66 bits per heavy atom. The zero-order valence-electron chi connectivity index (χ0n) is 29.1. The van der Waals surface area contributed by atoms with Crippen LogP contribution in [0, 0.1) is 5.82 Å².